The second kappa shape index (κ2) is 6.27. The highest BCUT2D eigenvalue weighted by Gasteiger charge is 2.31. The van der Waals surface area contributed by atoms with Crippen molar-refractivity contribution in [2.45, 2.75) is 25.6 Å². The summed E-state index contributed by atoms with van der Waals surface area (Å²) in [5.74, 6) is 0.181. The quantitative estimate of drug-likeness (QED) is 0.464. The van der Waals surface area contributed by atoms with E-state index in [-0.39, 0.29) is 12.4 Å². The van der Waals surface area contributed by atoms with Gasteiger partial charge >= 0.3 is 13.3 Å². The van der Waals surface area contributed by atoms with Crippen LogP contribution in [0.1, 0.15) is 6.92 Å². The van der Waals surface area contributed by atoms with Crippen LogP contribution in [0.5, 0.6) is 0 Å². The molecular weight excluding hydrogens is 277 g/mol. The Balaban J connectivity index is 2.78. The Kier molecular flexibility index (Phi) is 5.21. The van der Waals surface area contributed by atoms with Crippen LogP contribution in [-0.2, 0) is 20.6 Å². The van der Waals surface area contributed by atoms with Gasteiger partial charge in [-0.3, -0.25) is 9.13 Å². The first-order valence-electron chi connectivity index (χ1n) is 5.30. The number of hydrogen-bond acceptors (Lipinski definition) is 6. The van der Waals surface area contributed by atoms with E-state index in [1.54, 1.807) is 0 Å². The van der Waals surface area contributed by atoms with E-state index >= 15 is 0 Å². The molecule has 0 saturated heterocycles. The lowest BCUT2D eigenvalue weighted by molar-refractivity contribution is -0.114. The van der Waals surface area contributed by atoms with Gasteiger partial charge in [0.25, 0.3) is 6.03 Å². The summed E-state index contributed by atoms with van der Waals surface area (Å²) in [6.45, 7) is 1.53. The van der Waals surface area contributed by atoms with Gasteiger partial charge in [-0.1, -0.05) is 0 Å². The van der Waals surface area contributed by atoms with Crippen molar-refractivity contribution in [3.8, 4) is 0 Å². The summed E-state index contributed by atoms with van der Waals surface area (Å²) in [5.41, 5.74) is 5.03. The van der Waals surface area contributed by atoms with Crippen LogP contribution in [0.4, 0.5) is 5.82 Å². The van der Waals surface area contributed by atoms with E-state index < -0.39 is 25.4 Å². The predicted molar refractivity (Wildman–Crippen MR) is 66.3 cm³/mol. The number of aromatic nitrogens is 2. The minimum atomic E-state index is -4.54. The lowest BCUT2D eigenvalue weighted by Crippen LogP contribution is -2.32. The minimum absolute atomic E-state index is 0.00162. The van der Waals surface area contributed by atoms with Gasteiger partial charge in [-0.15, -0.1) is 0 Å². The number of methoxy groups -OCH3 is 1. The van der Waals surface area contributed by atoms with Crippen LogP contribution < -0.4 is 11.4 Å². The van der Waals surface area contributed by atoms with E-state index in [4.69, 9.17) is 20.3 Å². The Morgan fingerprint density at radius 1 is 1.58 bits per heavy atom. The van der Waals surface area contributed by atoms with Gasteiger partial charge in [0, 0.05) is 13.3 Å². The van der Waals surface area contributed by atoms with Gasteiger partial charge in [0.2, 0.25) is 0 Å². The molecule has 0 aliphatic heterocycles. The largest absolute Gasteiger partial charge is 0.385 e. The van der Waals surface area contributed by atoms with E-state index in [0.717, 1.165) is 11.7 Å². The van der Waals surface area contributed by atoms with Gasteiger partial charge in [0.1, 0.15) is 5.82 Å². The van der Waals surface area contributed by atoms with E-state index in [2.05, 4.69) is 9.72 Å². The molecule has 108 valence electrons. The second-order valence-corrected chi connectivity index (χ2v) is 5.44. The molecular formula is C9H16N3O6P. The number of nitrogen functional groups attached to an aromatic ring is 1. The van der Waals surface area contributed by atoms with Crippen LogP contribution in [-0.4, -0.2) is 38.6 Å². The molecule has 0 aliphatic rings. The van der Waals surface area contributed by atoms with Crippen molar-refractivity contribution in [3.63, 3.8) is 0 Å². The molecule has 2 atom stereocenters. The molecule has 0 radical (unpaired) electrons. The average molecular weight is 293 g/mol. The van der Waals surface area contributed by atoms with E-state index in [0.29, 0.717) is 0 Å². The Labute approximate surface area is 109 Å². The number of hydrogen-bond donors (Lipinski definition) is 3. The summed E-state index contributed by atoms with van der Waals surface area (Å²) >= 11 is 0. The third-order valence-electron chi connectivity index (χ3n) is 2.24. The van der Waals surface area contributed by atoms with E-state index in [9.17, 15) is 9.36 Å². The highest BCUT2D eigenvalue weighted by molar-refractivity contribution is 7.52. The summed E-state index contributed by atoms with van der Waals surface area (Å²) in [6, 6.07) is -0.249. The number of nitrogens with zero attached hydrogens (tertiary/aromatic N) is 2. The molecule has 1 heterocycles. The third kappa shape index (κ3) is 4.41. The average Bonchev–Trinajstić information content (AvgIpc) is 2.29. The highest BCUT2D eigenvalue weighted by Crippen LogP contribution is 2.42. The fraction of sp³-hybridized carbons (Fsp3) is 0.556. The van der Waals surface area contributed by atoms with Crippen molar-refractivity contribution in [2.75, 3.05) is 12.8 Å². The Hall–Kier alpha value is -1.25. The van der Waals surface area contributed by atoms with Crippen LogP contribution in [0.2, 0.25) is 0 Å². The fourth-order valence-electron chi connectivity index (χ4n) is 1.40. The lowest BCUT2D eigenvalue weighted by Gasteiger charge is -2.22. The Morgan fingerprint density at radius 2 is 2.21 bits per heavy atom. The first-order chi connectivity index (χ1) is 8.75. The molecule has 19 heavy (non-hydrogen) atoms. The van der Waals surface area contributed by atoms with Crippen LogP contribution >= 0.6 is 7.60 Å². The lowest BCUT2D eigenvalue weighted by atomic mass is 10.4. The van der Waals surface area contributed by atoms with Gasteiger partial charge in [-0.25, -0.2) is 9.78 Å². The van der Waals surface area contributed by atoms with Crippen molar-refractivity contribution in [3.05, 3.63) is 22.7 Å². The zero-order valence-electron chi connectivity index (χ0n) is 10.5. The third-order valence-corrected chi connectivity index (χ3v) is 3.12. The maximum atomic E-state index is 11.5. The van der Waals surface area contributed by atoms with Gasteiger partial charge < -0.3 is 25.0 Å². The molecule has 0 saturated carbocycles. The van der Waals surface area contributed by atoms with Crippen molar-refractivity contribution in [1.82, 2.24) is 9.55 Å². The topological polar surface area (TPSA) is 137 Å². The molecule has 4 N–H and O–H groups in total. The fourth-order valence-corrected chi connectivity index (χ4v) is 2.04. The molecule has 0 amide bonds. The van der Waals surface area contributed by atoms with E-state index in [1.807, 2.05) is 0 Å². The maximum absolute atomic E-state index is 11.5. The molecule has 0 spiro atoms. The smallest absolute Gasteiger partial charge is 0.381 e. The first-order valence-corrected chi connectivity index (χ1v) is 6.98. The molecule has 0 aromatic carbocycles. The number of nitrogens with two attached hydrogens (primary N) is 1. The molecule has 1 aromatic rings. The Bertz CT molecular complexity index is 527. The number of anilines is 1. The molecule has 2 unspecified atom stereocenters. The molecule has 0 fully saturated rings. The molecule has 0 aliphatic carbocycles. The van der Waals surface area contributed by atoms with Crippen LogP contribution in [0.25, 0.3) is 0 Å². The summed E-state index contributed by atoms with van der Waals surface area (Å²) in [7, 11) is -3.42. The highest BCUT2D eigenvalue weighted by atomic mass is 31.2. The SMILES string of the molecule is COC(OC(C)Cn1c(N)ccnc1=O)P(=O)(O)O. The molecule has 1 aromatic heterocycles. The molecule has 1 rings (SSSR count). The zero-order chi connectivity index (χ0) is 14.6. The van der Waals surface area contributed by atoms with Crippen molar-refractivity contribution >= 4 is 13.4 Å². The van der Waals surface area contributed by atoms with Crippen molar-refractivity contribution in [1.29, 1.82) is 0 Å². The summed E-state index contributed by atoms with van der Waals surface area (Å²) in [6.07, 6.45) is 0.564. The van der Waals surface area contributed by atoms with Gasteiger partial charge in [-0.05, 0) is 13.0 Å². The standard InChI is InChI=1S/C9H16N3O6P/c1-6(18-9(17-2)19(14,15)16)5-12-7(10)3-4-11-8(12)13/h3-4,6,9H,5,10H2,1-2H3,(H2,14,15,16). The maximum Gasteiger partial charge on any atom is 0.381 e. The monoisotopic (exact) mass is 293 g/mol. The predicted octanol–water partition coefficient (Wildman–Crippen LogP) is -0.662. The van der Waals surface area contributed by atoms with E-state index in [1.165, 1.54) is 19.2 Å². The normalized spacial score (nSPS) is 15.2. The van der Waals surface area contributed by atoms with Crippen LogP contribution in [0.15, 0.2) is 17.1 Å². The molecule has 9 nitrogen and oxygen atoms in total. The van der Waals surface area contributed by atoms with Crippen molar-refractivity contribution < 1.29 is 23.8 Å². The summed E-state index contributed by atoms with van der Waals surface area (Å²) in [5, 5.41) is 0. The molecule has 10 heteroatoms. The van der Waals surface area contributed by atoms with Crippen LogP contribution in [0.3, 0.4) is 0 Å². The number of rotatable bonds is 6. The molecule has 0 bridgehead atoms. The van der Waals surface area contributed by atoms with Gasteiger partial charge in [-0.2, -0.15) is 0 Å². The summed E-state index contributed by atoms with van der Waals surface area (Å²) < 4.78 is 21.8. The first kappa shape index (κ1) is 15.8. The minimum Gasteiger partial charge on any atom is -0.385 e. The zero-order valence-corrected chi connectivity index (χ0v) is 11.4. The van der Waals surface area contributed by atoms with Crippen molar-refractivity contribution in [2.24, 2.45) is 0 Å². The number of ether oxygens (including phenoxy) is 2. The Morgan fingerprint density at radius 3 is 2.68 bits per heavy atom. The van der Waals surface area contributed by atoms with Gasteiger partial charge in [0.05, 0.1) is 12.6 Å². The van der Waals surface area contributed by atoms with Gasteiger partial charge in [0.15, 0.2) is 0 Å². The van der Waals surface area contributed by atoms with Crippen LogP contribution in [0, 0.1) is 0 Å². The summed E-state index contributed by atoms with van der Waals surface area (Å²) in [4.78, 5) is 32.9. The second-order valence-electron chi connectivity index (χ2n) is 3.84.